The van der Waals surface area contributed by atoms with Gasteiger partial charge in [0.05, 0.1) is 18.6 Å². The number of benzene rings is 2. The number of ether oxygens (including phenoxy) is 2. The van der Waals surface area contributed by atoms with Gasteiger partial charge in [0.25, 0.3) is 0 Å². The van der Waals surface area contributed by atoms with Gasteiger partial charge in [-0.15, -0.1) is 0 Å². The van der Waals surface area contributed by atoms with Gasteiger partial charge in [-0.25, -0.2) is 9.97 Å². The molecule has 0 saturated carbocycles. The number of amides is 1. The molecule has 2 aromatic heterocycles. The van der Waals surface area contributed by atoms with Crippen molar-refractivity contribution in [2.24, 2.45) is 7.05 Å². The standard InChI is InChI=1S/C34H36N6O4/c1-38-28(13-14-34(42)15-18-40(19-16-34)29(41)8-5-17-39-20-22-43-23-21-39)30(31-32(35)36-24-37-33(31)38)25-9-11-27(12-10-25)44-26-6-3-2-4-7-26/h2-12,24,42H,15-23H2,1H3,(H2,35,36,37)/b8-5+. The van der Waals surface area contributed by atoms with Crippen molar-refractivity contribution in [3.63, 3.8) is 0 Å². The number of morpholine rings is 1. The molecule has 44 heavy (non-hydrogen) atoms. The number of nitrogen functional groups attached to an aromatic ring is 1. The summed E-state index contributed by atoms with van der Waals surface area (Å²) in [5.41, 5.74) is 8.11. The minimum Gasteiger partial charge on any atom is -0.457 e. The molecule has 226 valence electrons. The van der Waals surface area contributed by atoms with Crippen molar-refractivity contribution in [1.29, 1.82) is 0 Å². The Morgan fingerprint density at radius 2 is 1.75 bits per heavy atom. The number of carbonyl (C=O) groups is 1. The largest absolute Gasteiger partial charge is 0.457 e. The highest BCUT2D eigenvalue weighted by Crippen LogP contribution is 2.37. The normalized spacial score (nSPS) is 17.0. The van der Waals surface area contributed by atoms with E-state index in [1.54, 1.807) is 11.0 Å². The molecule has 2 aliphatic rings. The van der Waals surface area contributed by atoms with E-state index in [2.05, 4.69) is 26.7 Å². The van der Waals surface area contributed by atoms with Crippen molar-refractivity contribution in [3.05, 3.63) is 78.8 Å². The Labute approximate surface area is 256 Å². The first kappa shape index (κ1) is 29.4. The maximum atomic E-state index is 12.8. The average molecular weight is 593 g/mol. The van der Waals surface area contributed by atoms with Gasteiger partial charge >= 0.3 is 0 Å². The molecule has 0 unspecified atom stereocenters. The summed E-state index contributed by atoms with van der Waals surface area (Å²) in [6.07, 6.45) is 5.69. The second kappa shape index (κ2) is 12.9. The van der Waals surface area contributed by atoms with Gasteiger partial charge in [0.2, 0.25) is 5.91 Å². The van der Waals surface area contributed by atoms with Crippen LogP contribution in [0.3, 0.4) is 0 Å². The van der Waals surface area contributed by atoms with E-state index in [1.165, 1.54) is 6.33 Å². The Kier molecular flexibility index (Phi) is 8.61. The van der Waals surface area contributed by atoms with Gasteiger partial charge in [0.1, 0.15) is 40.6 Å². The second-order valence-electron chi connectivity index (χ2n) is 11.1. The summed E-state index contributed by atoms with van der Waals surface area (Å²) in [4.78, 5) is 25.5. The van der Waals surface area contributed by atoms with Crippen molar-refractivity contribution < 1.29 is 19.4 Å². The second-order valence-corrected chi connectivity index (χ2v) is 11.1. The molecule has 0 atom stereocenters. The van der Waals surface area contributed by atoms with E-state index in [1.807, 2.05) is 72.3 Å². The Balaban J connectivity index is 1.20. The third kappa shape index (κ3) is 6.45. The molecule has 0 bridgehead atoms. The summed E-state index contributed by atoms with van der Waals surface area (Å²) in [7, 11) is 1.88. The summed E-state index contributed by atoms with van der Waals surface area (Å²) in [6.45, 7) is 4.78. The van der Waals surface area contributed by atoms with Crippen LogP contribution < -0.4 is 10.5 Å². The SMILES string of the molecule is Cn1c(C#CC2(O)CCN(C(=O)/C=C/CN3CCOCC3)CC2)c(-c2ccc(Oc3ccccc3)cc2)c2c(N)ncnc21. The van der Waals surface area contributed by atoms with Crippen LogP contribution in [0, 0.1) is 11.8 Å². The lowest BCUT2D eigenvalue weighted by Crippen LogP contribution is -2.45. The topological polar surface area (TPSA) is 119 Å². The maximum absolute atomic E-state index is 12.8. The zero-order valence-electron chi connectivity index (χ0n) is 24.8. The molecule has 6 rings (SSSR count). The lowest BCUT2D eigenvalue weighted by Gasteiger charge is -2.34. The third-order valence-corrected chi connectivity index (χ3v) is 8.16. The molecule has 0 radical (unpaired) electrons. The van der Waals surface area contributed by atoms with E-state index in [0.29, 0.717) is 54.2 Å². The smallest absolute Gasteiger partial charge is 0.246 e. The quantitative estimate of drug-likeness (QED) is 0.258. The van der Waals surface area contributed by atoms with Crippen molar-refractivity contribution in [2.75, 3.05) is 51.7 Å². The van der Waals surface area contributed by atoms with Crippen molar-refractivity contribution >= 4 is 22.8 Å². The monoisotopic (exact) mass is 592 g/mol. The lowest BCUT2D eigenvalue weighted by atomic mass is 9.91. The lowest BCUT2D eigenvalue weighted by molar-refractivity contribution is -0.128. The first-order valence-corrected chi connectivity index (χ1v) is 14.8. The molecule has 2 fully saturated rings. The Hall–Kier alpha value is -4.69. The van der Waals surface area contributed by atoms with E-state index in [-0.39, 0.29) is 5.91 Å². The molecule has 3 N–H and O–H groups in total. The van der Waals surface area contributed by atoms with E-state index in [0.717, 1.165) is 49.7 Å². The van der Waals surface area contributed by atoms with Crippen molar-refractivity contribution in [3.8, 4) is 34.5 Å². The van der Waals surface area contributed by atoms with Crippen LogP contribution >= 0.6 is 0 Å². The van der Waals surface area contributed by atoms with Crippen molar-refractivity contribution in [2.45, 2.75) is 18.4 Å². The molecule has 10 heteroatoms. The first-order valence-electron chi connectivity index (χ1n) is 14.8. The number of hydrogen-bond acceptors (Lipinski definition) is 8. The third-order valence-electron chi connectivity index (χ3n) is 8.16. The van der Waals surface area contributed by atoms with E-state index in [4.69, 9.17) is 15.2 Å². The minimum absolute atomic E-state index is 0.0435. The molecule has 1 amide bonds. The molecule has 2 aromatic carbocycles. The van der Waals surface area contributed by atoms with Crippen LogP contribution in [0.15, 0.2) is 73.1 Å². The zero-order chi connectivity index (χ0) is 30.5. The van der Waals surface area contributed by atoms with Gasteiger partial charge in [0, 0.05) is 64.3 Å². The average Bonchev–Trinajstić information content (AvgIpc) is 3.34. The number of aryl methyl sites for hydroxylation is 1. The number of carbonyl (C=O) groups excluding carboxylic acids is 1. The van der Waals surface area contributed by atoms with Gasteiger partial charge in [-0.05, 0) is 35.7 Å². The minimum atomic E-state index is -1.23. The van der Waals surface area contributed by atoms with Crippen LogP contribution in [0.4, 0.5) is 5.82 Å². The summed E-state index contributed by atoms with van der Waals surface area (Å²) >= 11 is 0. The predicted molar refractivity (Wildman–Crippen MR) is 169 cm³/mol. The molecule has 0 spiro atoms. The number of nitrogens with two attached hydrogens (primary N) is 1. The number of nitrogens with zero attached hydrogens (tertiary/aromatic N) is 5. The highest BCUT2D eigenvalue weighted by Gasteiger charge is 2.32. The van der Waals surface area contributed by atoms with Crippen LogP contribution in [0.1, 0.15) is 18.5 Å². The van der Waals surface area contributed by atoms with Crippen LogP contribution in [0.2, 0.25) is 0 Å². The number of aromatic nitrogens is 3. The fourth-order valence-corrected chi connectivity index (χ4v) is 5.61. The molecule has 2 saturated heterocycles. The Morgan fingerprint density at radius 3 is 2.48 bits per heavy atom. The first-order chi connectivity index (χ1) is 21.4. The summed E-state index contributed by atoms with van der Waals surface area (Å²) in [6, 6.07) is 17.3. The number of aliphatic hydroxyl groups is 1. The van der Waals surface area contributed by atoms with Gasteiger partial charge in [-0.1, -0.05) is 42.3 Å². The molecule has 4 aromatic rings. The van der Waals surface area contributed by atoms with Crippen LogP contribution in [0.5, 0.6) is 11.5 Å². The maximum Gasteiger partial charge on any atom is 0.246 e. The molecule has 4 heterocycles. The van der Waals surface area contributed by atoms with Gasteiger partial charge in [-0.2, -0.15) is 0 Å². The molecule has 0 aliphatic carbocycles. The van der Waals surface area contributed by atoms with Crippen molar-refractivity contribution in [1.82, 2.24) is 24.3 Å². The number of anilines is 1. The number of para-hydroxylation sites is 1. The van der Waals surface area contributed by atoms with Crippen LogP contribution in [0.25, 0.3) is 22.2 Å². The molecular formula is C34H36N6O4. The van der Waals surface area contributed by atoms with Gasteiger partial charge < -0.3 is 29.8 Å². The number of piperidine rings is 1. The predicted octanol–water partition coefficient (Wildman–Crippen LogP) is 3.60. The van der Waals surface area contributed by atoms with E-state index in [9.17, 15) is 9.90 Å². The summed E-state index contributed by atoms with van der Waals surface area (Å²) < 4.78 is 13.2. The molecular weight excluding hydrogens is 556 g/mol. The van der Waals surface area contributed by atoms with E-state index < -0.39 is 5.60 Å². The fraction of sp³-hybridized carbons (Fsp3) is 0.324. The summed E-state index contributed by atoms with van der Waals surface area (Å²) in [5, 5.41) is 12.1. The number of hydrogen-bond donors (Lipinski definition) is 2. The summed E-state index contributed by atoms with van der Waals surface area (Å²) in [5.74, 6) is 8.14. The number of likely N-dealkylation sites (tertiary alicyclic amines) is 1. The molecule has 2 aliphatic heterocycles. The van der Waals surface area contributed by atoms with Crippen LogP contribution in [-0.2, 0) is 16.6 Å². The molecule has 10 nitrogen and oxygen atoms in total. The fourth-order valence-electron chi connectivity index (χ4n) is 5.61. The van der Waals surface area contributed by atoms with Crippen LogP contribution in [-0.4, -0.2) is 86.9 Å². The zero-order valence-corrected chi connectivity index (χ0v) is 24.8. The Bertz CT molecular complexity index is 1710. The number of fused-ring (bicyclic) bond motifs is 1. The van der Waals surface area contributed by atoms with E-state index >= 15 is 0 Å². The van der Waals surface area contributed by atoms with Gasteiger partial charge in [-0.3, -0.25) is 9.69 Å². The highest BCUT2D eigenvalue weighted by molar-refractivity contribution is 6.03. The van der Waals surface area contributed by atoms with Gasteiger partial charge in [0.15, 0.2) is 0 Å². The highest BCUT2D eigenvalue weighted by atomic mass is 16.5. The Morgan fingerprint density at radius 1 is 1.05 bits per heavy atom. The number of rotatable bonds is 6.